The molecular weight excluding hydrogens is 287 g/mol. The minimum Gasteiger partial charge on any atom is -0.481 e. The number of halogens is 2. The maximum absolute atomic E-state index is 10.2. The van der Waals surface area contributed by atoms with Gasteiger partial charge < -0.3 is 9.84 Å². The smallest absolute Gasteiger partial charge is 0.216 e. The molecule has 0 fully saturated rings. The number of aliphatic hydroxyl groups is 1. The second kappa shape index (κ2) is 6.19. The highest BCUT2D eigenvalue weighted by molar-refractivity contribution is 6.36. The summed E-state index contributed by atoms with van der Waals surface area (Å²) in [5.74, 6) is 0.447. The molecule has 19 heavy (non-hydrogen) atoms. The quantitative estimate of drug-likeness (QED) is 0.942. The van der Waals surface area contributed by atoms with E-state index in [4.69, 9.17) is 27.9 Å². The number of rotatable bonds is 4. The molecule has 0 amide bonds. The Labute approximate surface area is 121 Å². The number of ether oxygens (including phenoxy) is 1. The maximum atomic E-state index is 10.2. The van der Waals surface area contributed by atoms with Crippen molar-refractivity contribution in [3.8, 4) is 5.88 Å². The third-order valence-corrected chi connectivity index (χ3v) is 3.30. The summed E-state index contributed by atoms with van der Waals surface area (Å²) < 4.78 is 5.00. The van der Waals surface area contributed by atoms with Crippen LogP contribution < -0.4 is 4.74 Å². The van der Waals surface area contributed by atoms with Crippen LogP contribution in [0.4, 0.5) is 0 Å². The molecule has 0 radical (unpaired) electrons. The van der Waals surface area contributed by atoms with E-state index in [-0.39, 0.29) is 6.42 Å². The van der Waals surface area contributed by atoms with Crippen molar-refractivity contribution in [2.24, 2.45) is 0 Å². The number of aliphatic hydroxyl groups excluding tert-OH is 1. The SMILES string of the molecule is COc1cc(CC(O)c2c(Cl)cccc2Cl)ncn1. The zero-order valence-electron chi connectivity index (χ0n) is 10.2. The van der Waals surface area contributed by atoms with Crippen molar-refractivity contribution in [3.05, 3.63) is 51.9 Å². The Morgan fingerprint density at radius 3 is 2.58 bits per heavy atom. The summed E-state index contributed by atoms with van der Waals surface area (Å²) in [7, 11) is 1.52. The zero-order valence-corrected chi connectivity index (χ0v) is 11.7. The van der Waals surface area contributed by atoms with Gasteiger partial charge in [-0.1, -0.05) is 29.3 Å². The summed E-state index contributed by atoms with van der Waals surface area (Å²) >= 11 is 12.1. The van der Waals surface area contributed by atoms with E-state index in [1.165, 1.54) is 13.4 Å². The average Bonchev–Trinajstić information content (AvgIpc) is 2.38. The van der Waals surface area contributed by atoms with Crippen LogP contribution in [0, 0.1) is 0 Å². The van der Waals surface area contributed by atoms with Crippen molar-refractivity contribution < 1.29 is 9.84 Å². The standard InChI is InChI=1S/C13H12Cl2N2O2/c1-19-12-6-8(16-7-17-12)5-11(18)13-9(14)3-2-4-10(13)15/h2-4,6-7,11,18H,5H2,1H3. The number of aromatic nitrogens is 2. The van der Waals surface area contributed by atoms with E-state index < -0.39 is 6.10 Å². The Morgan fingerprint density at radius 1 is 1.26 bits per heavy atom. The first-order chi connectivity index (χ1) is 9.11. The Hall–Kier alpha value is -1.36. The summed E-state index contributed by atoms with van der Waals surface area (Å²) in [5.41, 5.74) is 1.15. The number of hydrogen-bond donors (Lipinski definition) is 1. The molecule has 0 aliphatic heterocycles. The van der Waals surface area contributed by atoms with Gasteiger partial charge in [0.1, 0.15) is 6.33 Å². The van der Waals surface area contributed by atoms with E-state index in [0.717, 1.165) is 0 Å². The van der Waals surface area contributed by atoms with E-state index >= 15 is 0 Å². The molecule has 1 N–H and O–H groups in total. The highest BCUT2D eigenvalue weighted by atomic mass is 35.5. The van der Waals surface area contributed by atoms with Crippen molar-refractivity contribution >= 4 is 23.2 Å². The molecule has 1 aromatic heterocycles. The second-order valence-electron chi connectivity index (χ2n) is 3.91. The molecule has 1 unspecified atom stereocenters. The number of methoxy groups -OCH3 is 1. The van der Waals surface area contributed by atoms with Gasteiger partial charge in [-0.15, -0.1) is 0 Å². The lowest BCUT2D eigenvalue weighted by Gasteiger charge is -2.14. The molecule has 1 atom stereocenters. The van der Waals surface area contributed by atoms with E-state index in [2.05, 4.69) is 9.97 Å². The van der Waals surface area contributed by atoms with Gasteiger partial charge in [-0.3, -0.25) is 0 Å². The van der Waals surface area contributed by atoms with Gasteiger partial charge in [0.15, 0.2) is 0 Å². The molecule has 100 valence electrons. The van der Waals surface area contributed by atoms with Gasteiger partial charge in [-0.2, -0.15) is 0 Å². The van der Waals surface area contributed by atoms with Crippen LogP contribution in [-0.4, -0.2) is 22.2 Å². The van der Waals surface area contributed by atoms with Crippen LogP contribution in [0.5, 0.6) is 5.88 Å². The molecule has 1 aromatic carbocycles. The molecule has 0 saturated carbocycles. The van der Waals surface area contributed by atoms with Crippen LogP contribution >= 0.6 is 23.2 Å². The molecule has 0 aliphatic rings. The molecule has 0 bridgehead atoms. The van der Waals surface area contributed by atoms with Crippen LogP contribution in [0.3, 0.4) is 0 Å². The van der Waals surface area contributed by atoms with Gasteiger partial charge in [-0.05, 0) is 12.1 Å². The van der Waals surface area contributed by atoms with Crippen molar-refractivity contribution in [1.29, 1.82) is 0 Å². The van der Waals surface area contributed by atoms with E-state index in [0.29, 0.717) is 27.2 Å². The van der Waals surface area contributed by atoms with E-state index in [9.17, 15) is 5.11 Å². The van der Waals surface area contributed by atoms with Crippen LogP contribution in [-0.2, 0) is 6.42 Å². The monoisotopic (exact) mass is 298 g/mol. The first kappa shape index (κ1) is 14.1. The Balaban J connectivity index is 2.23. The zero-order chi connectivity index (χ0) is 13.8. The lowest BCUT2D eigenvalue weighted by atomic mass is 10.0. The van der Waals surface area contributed by atoms with Crippen LogP contribution in [0.25, 0.3) is 0 Å². The largest absolute Gasteiger partial charge is 0.481 e. The van der Waals surface area contributed by atoms with Gasteiger partial charge in [0.2, 0.25) is 5.88 Å². The fraction of sp³-hybridized carbons (Fsp3) is 0.231. The molecular formula is C13H12Cl2N2O2. The molecule has 1 heterocycles. The molecule has 0 spiro atoms. The molecule has 2 aromatic rings. The normalized spacial score (nSPS) is 12.2. The van der Waals surface area contributed by atoms with Gasteiger partial charge in [0.25, 0.3) is 0 Å². The van der Waals surface area contributed by atoms with Crippen molar-refractivity contribution in [1.82, 2.24) is 9.97 Å². The highest BCUT2D eigenvalue weighted by Gasteiger charge is 2.16. The van der Waals surface area contributed by atoms with Crippen molar-refractivity contribution in [2.75, 3.05) is 7.11 Å². The van der Waals surface area contributed by atoms with Crippen molar-refractivity contribution in [3.63, 3.8) is 0 Å². The summed E-state index contributed by atoms with van der Waals surface area (Å²) in [6.45, 7) is 0. The lowest BCUT2D eigenvalue weighted by Crippen LogP contribution is -2.05. The molecule has 4 nitrogen and oxygen atoms in total. The van der Waals surface area contributed by atoms with Crippen LogP contribution in [0.1, 0.15) is 17.4 Å². The fourth-order valence-corrected chi connectivity index (χ4v) is 2.38. The minimum atomic E-state index is -0.833. The van der Waals surface area contributed by atoms with E-state index in [1.54, 1.807) is 24.3 Å². The molecule has 0 aliphatic carbocycles. The Bertz CT molecular complexity index is 558. The fourth-order valence-electron chi connectivity index (χ4n) is 1.73. The average molecular weight is 299 g/mol. The minimum absolute atomic E-state index is 0.280. The third kappa shape index (κ3) is 3.35. The third-order valence-electron chi connectivity index (χ3n) is 2.64. The number of benzene rings is 1. The Morgan fingerprint density at radius 2 is 1.95 bits per heavy atom. The van der Waals surface area contributed by atoms with Crippen molar-refractivity contribution in [2.45, 2.75) is 12.5 Å². The summed E-state index contributed by atoms with van der Waals surface area (Å²) in [4.78, 5) is 7.98. The van der Waals surface area contributed by atoms with Crippen LogP contribution in [0.2, 0.25) is 10.0 Å². The van der Waals surface area contributed by atoms with Gasteiger partial charge in [0, 0.05) is 28.1 Å². The topological polar surface area (TPSA) is 55.2 Å². The maximum Gasteiger partial charge on any atom is 0.216 e. The summed E-state index contributed by atoms with van der Waals surface area (Å²) in [5, 5.41) is 11.1. The predicted molar refractivity (Wildman–Crippen MR) is 73.7 cm³/mol. The predicted octanol–water partition coefficient (Wildman–Crippen LogP) is 3.07. The van der Waals surface area contributed by atoms with Gasteiger partial charge in [-0.25, -0.2) is 9.97 Å². The second-order valence-corrected chi connectivity index (χ2v) is 4.72. The van der Waals surface area contributed by atoms with Gasteiger partial charge in [0.05, 0.1) is 18.9 Å². The molecule has 0 saturated heterocycles. The lowest BCUT2D eigenvalue weighted by molar-refractivity contribution is 0.177. The van der Waals surface area contributed by atoms with Crippen LogP contribution in [0.15, 0.2) is 30.6 Å². The summed E-state index contributed by atoms with van der Waals surface area (Å²) in [6, 6.07) is 6.77. The molecule has 2 rings (SSSR count). The molecule has 6 heteroatoms. The number of hydrogen-bond acceptors (Lipinski definition) is 4. The number of nitrogens with zero attached hydrogens (tertiary/aromatic N) is 2. The van der Waals surface area contributed by atoms with Gasteiger partial charge >= 0.3 is 0 Å². The van der Waals surface area contributed by atoms with E-state index in [1.807, 2.05) is 0 Å². The highest BCUT2D eigenvalue weighted by Crippen LogP contribution is 2.31. The summed E-state index contributed by atoms with van der Waals surface area (Å²) in [6.07, 6.45) is 0.832. The first-order valence-electron chi connectivity index (χ1n) is 5.58. The Kier molecular flexibility index (Phi) is 4.58. The first-order valence-corrected chi connectivity index (χ1v) is 6.34.